The van der Waals surface area contributed by atoms with Crippen molar-refractivity contribution in [1.29, 1.82) is 5.26 Å². The van der Waals surface area contributed by atoms with Crippen molar-refractivity contribution in [2.24, 2.45) is 5.10 Å². The van der Waals surface area contributed by atoms with Crippen LogP contribution in [-0.4, -0.2) is 10.3 Å². The molecule has 2 heterocycles. The normalized spacial score (nSPS) is 15.4. The SMILES string of the molecule is N#Cc1cccc(N/N=C2\CCn3cccc32)c1. The Hall–Kier alpha value is -2.54. The Morgan fingerprint density at radius 1 is 1.28 bits per heavy atom. The van der Waals surface area contributed by atoms with Crippen molar-refractivity contribution in [2.75, 3.05) is 5.43 Å². The molecule has 0 spiro atoms. The fourth-order valence-electron chi connectivity index (χ4n) is 2.13. The predicted molar refractivity (Wildman–Crippen MR) is 70.4 cm³/mol. The Morgan fingerprint density at radius 3 is 3.11 bits per heavy atom. The average Bonchev–Trinajstić information content (AvgIpc) is 3.00. The van der Waals surface area contributed by atoms with Crippen LogP contribution in [0.15, 0.2) is 47.7 Å². The van der Waals surface area contributed by atoms with E-state index in [1.54, 1.807) is 12.1 Å². The summed E-state index contributed by atoms with van der Waals surface area (Å²) in [6, 6.07) is 13.5. The molecule has 18 heavy (non-hydrogen) atoms. The Kier molecular flexibility index (Phi) is 2.58. The second-order valence-corrected chi connectivity index (χ2v) is 4.20. The minimum Gasteiger partial charge on any atom is -0.346 e. The highest BCUT2D eigenvalue weighted by atomic mass is 15.3. The molecule has 4 heteroatoms. The molecule has 0 radical (unpaired) electrons. The molecule has 0 aliphatic carbocycles. The van der Waals surface area contributed by atoms with Gasteiger partial charge in [-0.2, -0.15) is 10.4 Å². The molecule has 3 rings (SSSR count). The molecule has 4 nitrogen and oxygen atoms in total. The molecule has 1 aliphatic heterocycles. The minimum absolute atomic E-state index is 0.634. The summed E-state index contributed by atoms with van der Waals surface area (Å²) >= 11 is 0. The van der Waals surface area contributed by atoms with Gasteiger partial charge in [-0.15, -0.1) is 0 Å². The van der Waals surface area contributed by atoms with Gasteiger partial charge in [0, 0.05) is 19.2 Å². The number of hydrogen-bond acceptors (Lipinski definition) is 3. The zero-order valence-corrected chi connectivity index (χ0v) is 9.80. The molecule has 2 aromatic rings. The highest BCUT2D eigenvalue weighted by molar-refractivity contribution is 6.01. The van der Waals surface area contributed by atoms with E-state index in [1.807, 2.05) is 18.2 Å². The maximum absolute atomic E-state index is 8.83. The lowest BCUT2D eigenvalue weighted by atomic mass is 10.2. The molecule has 0 saturated heterocycles. The van der Waals surface area contributed by atoms with E-state index in [4.69, 9.17) is 5.26 Å². The van der Waals surface area contributed by atoms with Gasteiger partial charge < -0.3 is 4.57 Å². The van der Waals surface area contributed by atoms with Gasteiger partial charge in [0.05, 0.1) is 28.7 Å². The maximum atomic E-state index is 8.83. The molecule has 0 amide bonds. The van der Waals surface area contributed by atoms with Gasteiger partial charge in [-0.25, -0.2) is 0 Å². The lowest BCUT2D eigenvalue weighted by molar-refractivity contribution is 0.771. The van der Waals surface area contributed by atoms with Crippen LogP contribution < -0.4 is 5.43 Å². The molecular formula is C14H12N4. The van der Waals surface area contributed by atoms with Gasteiger partial charge in [-0.3, -0.25) is 5.43 Å². The van der Waals surface area contributed by atoms with Crippen LogP contribution in [0.25, 0.3) is 0 Å². The summed E-state index contributed by atoms with van der Waals surface area (Å²) in [5.74, 6) is 0. The largest absolute Gasteiger partial charge is 0.346 e. The number of nitrogens with zero attached hydrogens (tertiary/aromatic N) is 3. The monoisotopic (exact) mass is 236 g/mol. The van der Waals surface area contributed by atoms with Crippen LogP contribution in [0.2, 0.25) is 0 Å². The zero-order chi connectivity index (χ0) is 12.4. The first-order chi connectivity index (χ1) is 8.86. The summed E-state index contributed by atoms with van der Waals surface area (Å²) in [6.07, 6.45) is 3.01. The van der Waals surface area contributed by atoms with E-state index in [9.17, 15) is 0 Å². The van der Waals surface area contributed by atoms with Crippen LogP contribution in [0.3, 0.4) is 0 Å². The molecule has 1 N–H and O–H groups in total. The number of benzene rings is 1. The zero-order valence-electron chi connectivity index (χ0n) is 9.80. The van der Waals surface area contributed by atoms with Crippen molar-refractivity contribution in [1.82, 2.24) is 4.57 Å². The third-order valence-corrected chi connectivity index (χ3v) is 3.03. The molecule has 1 aromatic heterocycles. The number of nitriles is 1. The van der Waals surface area contributed by atoms with Crippen LogP contribution in [0.1, 0.15) is 17.7 Å². The summed E-state index contributed by atoms with van der Waals surface area (Å²) < 4.78 is 2.19. The third kappa shape index (κ3) is 1.87. The van der Waals surface area contributed by atoms with Crippen LogP contribution in [-0.2, 0) is 6.54 Å². The molecule has 0 fully saturated rings. The van der Waals surface area contributed by atoms with Crippen molar-refractivity contribution in [3.63, 3.8) is 0 Å². The van der Waals surface area contributed by atoms with Crippen LogP contribution in [0.4, 0.5) is 5.69 Å². The molecular weight excluding hydrogens is 224 g/mol. The van der Waals surface area contributed by atoms with Gasteiger partial charge in [0.15, 0.2) is 0 Å². The summed E-state index contributed by atoms with van der Waals surface area (Å²) in [6.45, 7) is 0.987. The predicted octanol–water partition coefficient (Wildman–Crippen LogP) is 2.58. The van der Waals surface area contributed by atoms with E-state index in [2.05, 4.69) is 33.4 Å². The second-order valence-electron chi connectivity index (χ2n) is 4.20. The highest BCUT2D eigenvalue weighted by Gasteiger charge is 2.16. The van der Waals surface area contributed by atoms with E-state index in [-0.39, 0.29) is 0 Å². The van der Waals surface area contributed by atoms with E-state index in [0.717, 1.165) is 24.4 Å². The second kappa shape index (κ2) is 4.38. The van der Waals surface area contributed by atoms with Crippen LogP contribution in [0.5, 0.6) is 0 Å². The standard InChI is InChI=1S/C14H12N4/c15-10-11-3-1-4-12(9-11)16-17-13-6-8-18-7-2-5-14(13)18/h1-5,7,9,16H,6,8H2/b17-13+. The fourth-order valence-corrected chi connectivity index (χ4v) is 2.13. The lowest BCUT2D eigenvalue weighted by Gasteiger charge is -2.02. The minimum atomic E-state index is 0.634. The topological polar surface area (TPSA) is 53.1 Å². The van der Waals surface area contributed by atoms with Crippen LogP contribution >= 0.6 is 0 Å². The highest BCUT2D eigenvalue weighted by Crippen LogP contribution is 2.17. The number of aryl methyl sites for hydroxylation is 1. The Balaban J connectivity index is 1.81. The van der Waals surface area contributed by atoms with Gasteiger partial charge in [-0.05, 0) is 30.3 Å². The maximum Gasteiger partial charge on any atom is 0.0992 e. The number of hydrogen-bond donors (Lipinski definition) is 1. The van der Waals surface area contributed by atoms with Gasteiger partial charge in [0.2, 0.25) is 0 Å². The van der Waals surface area contributed by atoms with E-state index in [0.29, 0.717) is 5.56 Å². The smallest absolute Gasteiger partial charge is 0.0992 e. The number of aromatic nitrogens is 1. The number of nitrogens with one attached hydrogen (secondary N) is 1. The summed E-state index contributed by atoms with van der Waals surface area (Å²) in [5, 5.41) is 13.2. The summed E-state index contributed by atoms with van der Waals surface area (Å²) in [4.78, 5) is 0. The number of fused-ring (bicyclic) bond motifs is 1. The molecule has 88 valence electrons. The summed E-state index contributed by atoms with van der Waals surface area (Å²) in [5.41, 5.74) is 6.71. The number of hydrazone groups is 1. The van der Waals surface area contributed by atoms with Crippen molar-refractivity contribution in [3.8, 4) is 6.07 Å². The van der Waals surface area contributed by atoms with E-state index < -0.39 is 0 Å². The van der Waals surface area contributed by atoms with E-state index in [1.165, 1.54) is 5.69 Å². The first-order valence-electron chi connectivity index (χ1n) is 5.85. The quantitative estimate of drug-likeness (QED) is 0.815. The first kappa shape index (κ1) is 10.6. The lowest BCUT2D eigenvalue weighted by Crippen LogP contribution is -1.99. The fraction of sp³-hybridized carbons (Fsp3) is 0.143. The van der Waals surface area contributed by atoms with Crippen molar-refractivity contribution >= 4 is 11.4 Å². The Bertz CT molecular complexity index is 646. The van der Waals surface area contributed by atoms with Crippen LogP contribution in [0, 0.1) is 11.3 Å². The molecule has 0 bridgehead atoms. The molecule has 1 aliphatic rings. The van der Waals surface area contributed by atoms with Crippen molar-refractivity contribution < 1.29 is 0 Å². The summed E-state index contributed by atoms with van der Waals surface area (Å²) in [7, 11) is 0. The average molecular weight is 236 g/mol. The van der Waals surface area contributed by atoms with Gasteiger partial charge >= 0.3 is 0 Å². The molecule has 1 aromatic carbocycles. The molecule has 0 atom stereocenters. The van der Waals surface area contributed by atoms with Gasteiger partial charge in [0.1, 0.15) is 0 Å². The molecule has 0 unspecified atom stereocenters. The van der Waals surface area contributed by atoms with Crippen molar-refractivity contribution in [2.45, 2.75) is 13.0 Å². The number of anilines is 1. The van der Waals surface area contributed by atoms with E-state index >= 15 is 0 Å². The first-order valence-corrected chi connectivity index (χ1v) is 5.85. The van der Waals surface area contributed by atoms with Gasteiger partial charge in [0.25, 0.3) is 0 Å². The Labute approximate surface area is 105 Å². The third-order valence-electron chi connectivity index (χ3n) is 3.03. The molecule has 0 saturated carbocycles. The number of rotatable bonds is 2. The Morgan fingerprint density at radius 2 is 2.22 bits per heavy atom. The van der Waals surface area contributed by atoms with Gasteiger partial charge in [-0.1, -0.05) is 6.07 Å². The van der Waals surface area contributed by atoms with Crippen molar-refractivity contribution in [3.05, 3.63) is 53.9 Å².